The van der Waals surface area contributed by atoms with Crippen molar-refractivity contribution in [1.82, 2.24) is 29.9 Å². The smallest absolute Gasteiger partial charge is 0.241 e. The average Bonchev–Trinajstić information content (AvgIpc) is 3.41. The third kappa shape index (κ3) is 8.86. The van der Waals surface area contributed by atoms with Crippen LogP contribution in [0, 0.1) is 41.5 Å². The molecule has 0 fully saturated rings. The monoisotopic (exact) mass is 932 g/mol. The first-order valence-electron chi connectivity index (χ1n) is 24.3. The van der Waals surface area contributed by atoms with Crippen molar-refractivity contribution in [1.29, 1.82) is 0 Å². The van der Waals surface area contributed by atoms with Crippen LogP contribution in [0.25, 0.3) is 67.5 Å². The first kappa shape index (κ1) is 45.3. The maximum absolute atomic E-state index is 5.49. The average molecular weight is 933 g/mol. The highest BCUT2D eigenvalue weighted by molar-refractivity contribution is 6.03. The Morgan fingerprint density at radius 2 is 0.667 bits per heavy atom. The van der Waals surface area contributed by atoms with Gasteiger partial charge < -0.3 is 4.90 Å². The molecule has 9 aromatic carbocycles. The quantitative estimate of drug-likeness (QED) is 0.127. The number of fused-ring (bicyclic) bond motifs is 1. The Balaban J connectivity index is 1.19. The Hall–Kier alpha value is -9.14. The Bertz CT molecular complexity index is 3590. The molecule has 0 unspecified atom stereocenters. The van der Waals surface area contributed by atoms with E-state index in [0.717, 1.165) is 66.9 Å². The Labute approximate surface area is 421 Å². The molecule has 0 amide bonds. The van der Waals surface area contributed by atoms with E-state index in [-0.39, 0.29) is 0 Å². The van der Waals surface area contributed by atoms with Gasteiger partial charge in [-0.25, -0.2) is 14.9 Å². The molecular weight excluding hydrogens is 881 g/mol. The number of hydrogen-bond acceptors (Lipinski definition) is 8. The molecule has 0 aliphatic carbocycles. The molecule has 0 saturated heterocycles. The molecule has 0 saturated carbocycles. The lowest BCUT2D eigenvalue weighted by molar-refractivity contribution is 0.964. The maximum Gasteiger partial charge on any atom is 0.241 e. The number of aryl methyl sites for hydroxylation is 6. The van der Waals surface area contributed by atoms with Crippen LogP contribution < -0.4 is 9.80 Å². The second kappa shape index (κ2) is 19.3. The summed E-state index contributed by atoms with van der Waals surface area (Å²) in [7, 11) is 0. The lowest BCUT2D eigenvalue weighted by Crippen LogP contribution is -2.19. The third-order valence-corrected chi connectivity index (χ3v) is 13.1. The molecule has 8 nitrogen and oxygen atoms in total. The fourth-order valence-corrected chi connectivity index (χ4v) is 10.1. The zero-order valence-corrected chi connectivity index (χ0v) is 41.2. The van der Waals surface area contributed by atoms with Gasteiger partial charge in [-0.3, -0.25) is 0 Å². The fraction of sp³-hybridized carbons (Fsp3) is 0.0938. The molecule has 2 aromatic heterocycles. The van der Waals surface area contributed by atoms with E-state index in [1.807, 2.05) is 102 Å². The van der Waals surface area contributed by atoms with Crippen molar-refractivity contribution in [2.24, 2.45) is 0 Å². The van der Waals surface area contributed by atoms with Crippen molar-refractivity contribution in [2.75, 3.05) is 9.80 Å². The molecule has 0 radical (unpaired) electrons. The molecule has 0 atom stereocenters. The number of rotatable bonds is 11. The van der Waals surface area contributed by atoms with Gasteiger partial charge in [0.2, 0.25) is 11.9 Å². The van der Waals surface area contributed by atoms with Crippen LogP contribution in [-0.2, 0) is 0 Å². The van der Waals surface area contributed by atoms with E-state index in [1.165, 1.54) is 33.4 Å². The summed E-state index contributed by atoms with van der Waals surface area (Å²) in [5, 5.41) is 2.21. The first-order valence-corrected chi connectivity index (χ1v) is 24.3. The van der Waals surface area contributed by atoms with Gasteiger partial charge in [0.15, 0.2) is 23.3 Å². The van der Waals surface area contributed by atoms with Gasteiger partial charge >= 0.3 is 0 Å². The summed E-state index contributed by atoms with van der Waals surface area (Å²) >= 11 is 0. The zero-order valence-electron chi connectivity index (χ0n) is 41.2. The molecule has 348 valence electrons. The largest absolute Gasteiger partial charge is 0.309 e. The molecule has 0 spiro atoms. The predicted molar refractivity (Wildman–Crippen MR) is 296 cm³/mol. The van der Waals surface area contributed by atoms with Crippen molar-refractivity contribution in [2.45, 2.75) is 41.5 Å². The second-order valence-electron chi connectivity index (χ2n) is 18.4. The van der Waals surface area contributed by atoms with E-state index < -0.39 is 0 Å². The fourth-order valence-electron chi connectivity index (χ4n) is 10.1. The second-order valence-corrected chi connectivity index (χ2v) is 18.4. The molecule has 11 aromatic rings. The van der Waals surface area contributed by atoms with Crippen molar-refractivity contribution < 1.29 is 0 Å². The highest BCUT2D eigenvalue weighted by atomic mass is 15.4. The molecule has 72 heavy (non-hydrogen) atoms. The van der Waals surface area contributed by atoms with Gasteiger partial charge in [0.25, 0.3) is 0 Å². The minimum atomic E-state index is 0.343. The van der Waals surface area contributed by atoms with Crippen LogP contribution >= 0.6 is 0 Å². The number of nitrogens with zero attached hydrogens (tertiary/aromatic N) is 8. The Morgan fingerprint density at radius 1 is 0.306 bits per heavy atom. The minimum absolute atomic E-state index is 0.343. The van der Waals surface area contributed by atoms with E-state index in [9.17, 15) is 0 Å². The van der Waals surface area contributed by atoms with Crippen LogP contribution in [-0.4, -0.2) is 29.9 Å². The standard InChI is InChI=1S/C64H52N8/c1-41-37-43(3)57(44(4)38-41)71(58-45(5)39-42(2)40-46(58)6)52-32-34-53(35-33-52)72(63-67-59(49-24-13-8-14-25-49)65-60(68-63)50-26-15-9-16-27-50)64-69-61(51-28-17-10-18-29-51)66-62(70-64)55-36-31-47-21-19-20-30-54(47)56(55)48-22-11-7-12-23-48/h7-40H,1-6H3. The zero-order chi connectivity index (χ0) is 49.3. The summed E-state index contributed by atoms with van der Waals surface area (Å²) in [4.78, 5) is 36.2. The van der Waals surface area contributed by atoms with Gasteiger partial charge in [-0.2, -0.15) is 19.9 Å². The van der Waals surface area contributed by atoms with Crippen molar-refractivity contribution >= 4 is 45.4 Å². The van der Waals surface area contributed by atoms with E-state index in [4.69, 9.17) is 29.9 Å². The van der Waals surface area contributed by atoms with Crippen LogP contribution in [0.5, 0.6) is 0 Å². The SMILES string of the molecule is Cc1cc(C)c(N(c2ccc(N(c3nc(-c4ccccc4)nc(-c4ccccc4)n3)c3nc(-c4ccccc4)nc(-c4ccc5ccccc5c4-c4ccccc4)n3)cc2)c2c(C)cc(C)cc2C)c(C)c1. The van der Waals surface area contributed by atoms with Gasteiger partial charge in [-0.05, 0) is 110 Å². The molecule has 0 aliphatic heterocycles. The van der Waals surface area contributed by atoms with Crippen molar-refractivity contribution in [3.8, 4) is 56.7 Å². The summed E-state index contributed by atoms with van der Waals surface area (Å²) in [5.41, 5.74) is 16.8. The summed E-state index contributed by atoms with van der Waals surface area (Å²) < 4.78 is 0. The number of aromatic nitrogens is 6. The molecule has 2 heterocycles. The lowest BCUT2D eigenvalue weighted by Gasteiger charge is -2.32. The highest BCUT2D eigenvalue weighted by Gasteiger charge is 2.27. The maximum atomic E-state index is 5.49. The van der Waals surface area contributed by atoms with Crippen LogP contribution in [0.1, 0.15) is 33.4 Å². The van der Waals surface area contributed by atoms with Crippen molar-refractivity contribution in [3.05, 3.63) is 240 Å². The van der Waals surface area contributed by atoms with Crippen molar-refractivity contribution in [3.63, 3.8) is 0 Å². The third-order valence-electron chi connectivity index (χ3n) is 13.1. The van der Waals surface area contributed by atoms with E-state index >= 15 is 0 Å². The highest BCUT2D eigenvalue weighted by Crippen LogP contribution is 2.45. The van der Waals surface area contributed by atoms with Crippen LogP contribution in [0.4, 0.5) is 34.6 Å². The summed E-state index contributed by atoms with van der Waals surface area (Å²) in [5.74, 6) is 2.73. The summed E-state index contributed by atoms with van der Waals surface area (Å²) in [6.07, 6.45) is 0. The van der Waals surface area contributed by atoms with Crippen LogP contribution in [0.15, 0.2) is 206 Å². The number of hydrogen-bond donors (Lipinski definition) is 0. The van der Waals surface area contributed by atoms with Gasteiger partial charge in [-0.15, -0.1) is 0 Å². The molecule has 8 heteroatoms. The molecule has 0 N–H and O–H groups in total. The van der Waals surface area contributed by atoms with Gasteiger partial charge in [0, 0.05) is 33.5 Å². The topological polar surface area (TPSA) is 83.8 Å². The minimum Gasteiger partial charge on any atom is -0.309 e. The van der Waals surface area contributed by atoms with E-state index in [0.29, 0.717) is 35.2 Å². The first-order chi connectivity index (χ1) is 35.2. The van der Waals surface area contributed by atoms with Gasteiger partial charge in [0.1, 0.15) is 0 Å². The number of anilines is 6. The normalized spacial score (nSPS) is 11.2. The van der Waals surface area contributed by atoms with Crippen LogP contribution in [0.3, 0.4) is 0 Å². The summed E-state index contributed by atoms with van der Waals surface area (Å²) in [6, 6.07) is 71.0. The molecule has 0 bridgehead atoms. The number of benzene rings is 9. The molecule has 0 aliphatic rings. The predicted octanol–water partition coefficient (Wildman–Crippen LogP) is 16.3. The van der Waals surface area contributed by atoms with Crippen LogP contribution in [0.2, 0.25) is 0 Å². The lowest BCUT2D eigenvalue weighted by atomic mass is 9.93. The Morgan fingerprint density at radius 3 is 1.11 bits per heavy atom. The van der Waals surface area contributed by atoms with Gasteiger partial charge in [-0.1, -0.05) is 187 Å². The Kier molecular flexibility index (Phi) is 12.2. The molecule has 11 rings (SSSR count). The van der Waals surface area contributed by atoms with Gasteiger partial charge in [0.05, 0.1) is 17.1 Å². The molecular formula is C64H52N8. The summed E-state index contributed by atoms with van der Waals surface area (Å²) in [6.45, 7) is 13.1. The van der Waals surface area contributed by atoms with E-state index in [1.54, 1.807) is 0 Å². The van der Waals surface area contributed by atoms with E-state index in [2.05, 4.69) is 156 Å².